The van der Waals surface area contributed by atoms with Crippen LogP contribution < -0.4 is 5.32 Å². The van der Waals surface area contributed by atoms with Crippen molar-refractivity contribution in [3.8, 4) is 11.3 Å². The second kappa shape index (κ2) is 6.64. The van der Waals surface area contributed by atoms with Gasteiger partial charge in [-0.2, -0.15) is 0 Å². The first-order valence-corrected chi connectivity index (χ1v) is 8.91. The predicted octanol–water partition coefficient (Wildman–Crippen LogP) is 5.48. The van der Waals surface area contributed by atoms with Crippen molar-refractivity contribution in [2.75, 3.05) is 5.32 Å². The highest BCUT2D eigenvalue weighted by Crippen LogP contribution is 2.29. The summed E-state index contributed by atoms with van der Waals surface area (Å²) in [6, 6.07) is 16.8. The van der Waals surface area contributed by atoms with Crippen molar-refractivity contribution in [3.05, 3.63) is 72.1 Å². The van der Waals surface area contributed by atoms with E-state index in [0.29, 0.717) is 5.95 Å². The lowest BCUT2D eigenvalue weighted by molar-refractivity contribution is 0.798. The highest BCUT2D eigenvalue weighted by atomic mass is 15.1. The van der Waals surface area contributed by atoms with Gasteiger partial charge < -0.3 is 9.88 Å². The topological polar surface area (TPSA) is 42.7 Å². The van der Waals surface area contributed by atoms with Crippen molar-refractivity contribution >= 4 is 22.5 Å². The Kier molecular flexibility index (Phi) is 4.17. The summed E-state index contributed by atoms with van der Waals surface area (Å²) in [7, 11) is 0. The maximum absolute atomic E-state index is 4.76. The summed E-state index contributed by atoms with van der Waals surface area (Å²) in [6.07, 6.45) is 3.94. The van der Waals surface area contributed by atoms with Crippen molar-refractivity contribution in [2.24, 2.45) is 0 Å². The Morgan fingerprint density at radius 1 is 1.04 bits per heavy atom. The number of rotatable bonds is 4. The molecule has 0 spiro atoms. The van der Waals surface area contributed by atoms with E-state index in [1.54, 1.807) is 0 Å². The zero-order valence-corrected chi connectivity index (χ0v) is 15.3. The van der Waals surface area contributed by atoms with Gasteiger partial charge in [0.25, 0.3) is 0 Å². The van der Waals surface area contributed by atoms with E-state index in [1.807, 2.05) is 12.3 Å². The SMILES string of the molecule is CCn1ccc2c(-c3ccnc(Nc4cc(C)ccc4C)n3)cccc21. The maximum atomic E-state index is 4.76. The van der Waals surface area contributed by atoms with Crippen LogP contribution in [0.25, 0.3) is 22.2 Å². The van der Waals surface area contributed by atoms with Crippen molar-refractivity contribution in [1.82, 2.24) is 14.5 Å². The van der Waals surface area contributed by atoms with E-state index < -0.39 is 0 Å². The summed E-state index contributed by atoms with van der Waals surface area (Å²) < 4.78 is 2.25. The number of hydrogen-bond acceptors (Lipinski definition) is 3. The third-order valence-corrected chi connectivity index (χ3v) is 4.73. The van der Waals surface area contributed by atoms with Gasteiger partial charge >= 0.3 is 0 Å². The molecule has 0 amide bonds. The number of fused-ring (bicyclic) bond motifs is 1. The first-order valence-electron chi connectivity index (χ1n) is 8.91. The van der Waals surface area contributed by atoms with Gasteiger partial charge in [0, 0.05) is 41.1 Å². The van der Waals surface area contributed by atoms with E-state index >= 15 is 0 Å². The molecule has 130 valence electrons. The van der Waals surface area contributed by atoms with Crippen LogP contribution in [0.1, 0.15) is 18.1 Å². The molecule has 0 aliphatic heterocycles. The molecule has 0 aliphatic carbocycles. The number of benzene rings is 2. The van der Waals surface area contributed by atoms with Gasteiger partial charge in [0.05, 0.1) is 5.69 Å². The molecule has 4 heteroatoms. The number of aryl methyl sites for hydroxylation is 3. The Morgan fingerprint density at radius 2 is 1.92 bits per heavy atom. The van der Waals surface area contributed by atoms with Crippen LogP contribution in [-0.2, 0) is 6.54 Å². The van der Waals surface area contributed by atoms with Gasteiger partial charge in [0.1, 0.15) is 0 Å². The van der Waals surface area contributed by atoms with E-state index in [-0.39, 0.29) is 0 Å². The number of nitrogens with one attached hydrogen (secondary N) is 1. The summed E-state index contributed by atoms with van der Waals surface area (Å²) >= 11 is 0. The molecule has 0 aliphatic rings. The van der Waals surface area contributed by atoms with Crippen molar-refractivity contribution in [1.29, 1.82) is 0 Å². The van der Waals surface area contributed by atoms with Crippen molar-refractivity contribution in [3.63, 3.8) is 0 Å². The van der Waals surface area contributed by atoms with Crippen LogP contribution in [0, 0.1) is 13.8 Å². The summed E-state index contributed by atoms with van der Waals surface area (Å²) in [6.45, 7) is 7.28. The fraction of sp³-hybridized carbons (Fsp3) is 0.182. The third-order valence-electron chi connectivity index (χ3n) is 4.73. The van der Waals surface area contributed by atoms with Crippen LogP contribution in [0.3, 0.4) is 0 Å². The Bertz CT molecular complexity index is 1080. The molecule has 0 unspecified atom stereocenters. The average Bonchev–Trinajstić information content (AvgIpc) is 3.08. The second-order valence-corrected chi connectivity index (χ2v) is 6.55. The van der Waals surface area contributed by atoms with Gasteiger partial charge in [-0.1, -0.05) is 24.3 Å². The molecule has 0 bridgehead atoms. The van der Waals surface area contributed by atoms with Gasteiger partial charge in [0.2, 0.25) is 5.95 Å². The summed E-state index contributed by atoms with van der Waals surface area (Å²) in [4.78, 5) is 9.17. The Balaban J connectivity index is 1.75. The maximum Gasteiger partial charge on any atom is 0.227 e. The third kappa shape index (κ3) is 2.94. The van der Waals surface area contributed by atoms with E-state index in [2.05, 4.69) is 84.3 Å². The van der Waals surface area contributed by atoms with Crippen LogP contribution in [-0.4, -0.2) is 14.5 Å². The molecule has 0 fully saturated rings. The standard InChI is InChI=1S/C22H22N4/c1-4-26-13-11-18-17(6-5-7-21(18)26)19-10-12-23-22(24-19)25-20-14-15(2)8-9-16(20)3/h5-14H,4H2,1-3H3,(H,23,24,25). The van der Waals surface area contributed by atoms with Crippen LogP contribution in [0.4, 0.5) is 11.6 Å². The Labute approximate surface area is 153 Å². The molecule has 0 saturated carbocycles. The summed E-state index contributed by atoms with van der Waals surface area (Å²) in [5.74, 6) is 0.614. The van der Waals surface area contributed by atoms with Crippen LogP contribution in [0.2, 0.25) is 0 Å². The van der Waals surface area contributed by atoms with Gasteiger partial charge in [-0.05, 0) is 56.2 Å². The number of hydrogen-bond donors (Lipinski definition) is 1. The Hall–Kier alpha value is -3.14. The van der Waals surface area contributed by atoms with Crippen LogP contribution >= 0.6 is 0 Å². The molecule has 0 saturated heterocycles. The fourth-order valence-corrected chi connectivity index (χ4v) is 3.28. The van der Waals surface area contributed by atoms with E-state index in [1.165, 1.54) is 22.0 Å². The number of anilines is 2. The molecule has 4 aromatic rings. The molecule has 0 atom stereocenters. The Morgan fingerprint density at radius 3 is 2.77 bits per heavy atom. The molecular weight excluding hydrogens is 320 g/mol. The molecule has 1 N–H and O–H groups in total. The van der Waals surface area contributed by atoms with Crippen molar-refractivity contribution < 1.29 is 0 Å². The largest absolute Gasteiger partial charge is 0.348 e. The van der Waals surface area contributed by atoms with E-state index in [4.69, 9.17) is 4.98 Å². The van der Waals surface area contributed by atoms with Gasteiger partial charge in [-0.3, -0.25) is 0 Å². The molecule has 0 radical (unpaired) electrons. The molecule has 2 aromatic carbocycles. The van der Waals surface area contributed by atoms with E-state index in [0.717, 1.165) is 23.5 Å². The van der Waals surface area contributed by atoms with Gasteiger partial charge in [-0.15, -0.1) is 0 Å². The van der Waals surface area contributed by atoms with E-state index in [9.17, 15) is 0 Å². The minimum absolute atomic E-state index is 0.614. The zero-order valence-electron chi connectivity index (χ0n) is 15.3. The molecular formula is C22H22N4. The predicted molar refractivity (Wildman–Crippen MR) is 108 cm³/mol. The molecule has 26 heavy (non-hydrogen) atoms. The number of nitrogens with zero attached hydrogens (tertiary/aromatic N) is 3. The van der Waals surface area contributed by atoms with Gasteiger partial charge in [0.15, 0.2) is 0 Å². The smallest absolute Gasteiger partial charge is 0.227 e. The molecule has 4 nitrogen and oxygen atoms in total. The monoisotopic (exact) mass is 342 g/mol. The lowest BCUT2D eigenvalue weighted by Gasteiger charge is -2.10. The fourth-order valence-electron chi connectivity index (χ4n) is 3.28. The molecule has 2 heterocycles. The lowest BCUT2D eigenvalue weighted by Crippen LogP contribution is -2.00. The summed E-state index contributed by atoms with van der Waals surface area (Å²) in [5, 5.41) is 4.57. The highest BCUT2D eigenvalue weighted by molar-refractivity contribution is 5.94. The lowest BCUT2D eigenvalue weighted by atomic mass is 10.1. The van der Waals surface area contributed by atoms with Crippen LogP contribution in [0.15, 0.2) is 60.9 Å². The minimum Gasteiger partial charge on any atom is -0.348 e. The van der Waals surface area contributed by atoms with Gasteiger partial charge in [-0.25, -0.2) is 9.97 Å². The number of aromatic nitrogens is 3. The molecule has 4 rings (SSSR count). The van der Waals surface area contributed by atoms with Crippen LogP contribution in [0.5, 0.6) is 0 Å². The highest BCUT2D eigenvalue weighted by Gasteiger charge is 2.09. The first-order chi connectivity index (χ1) is 12.7. The van der Waals surface area contributed by atoms with Crippen molar-refractivity contribution in [2.45, 2.75) is 27.3 Å². The second-order valence-electron chi connectivity index (χ2n) is 6.55. The summed E-state index contributed by atoms with van der Waals surface area (Å²) in [5.41, 5.74) is 6.70. The first kappa shape index (κ1) is 16.3. The normalized spacial score (nSPS) is 11.0. The zero-order chi connectivity index (χ0) is 18.1. The molecule has 2 aromatic heterocycles. The average molecular weight is 342 g/mol. The minimum atomic E-state index is 0.614. The quantitative estimate of drug-likeness (QED) is 0.534.